The Labute approximate surface area is 294 Å². The van der Waals surface area contributed by atoms with Crippen LogP contribution in [0.1, 0.15) is 37.3 Å². The maximum absolute atomic E-state index is 14.1. The molecule has 2 amide bonds. The van der Waals surface area contributed by atoms with Crippen molar-refractivity contribution in [3.63, 3.8) is 0 Å². The minimum Gasteiger partial charge on any atom is -0.436 e. The van der Waals surface area contributed by atoms with Gasteiger partial charge in [0.25, 0.3) is 5.91 Å². The average molecular weight is 700 g/mol. The minimum absolute atomic E-state index is 0.105. The Morgan fingerprint density at radius 2 is 1.64 bits per heavy atom. The van der Waals surface area contributed by atoms with Crippen LogP contribution >= 0.6 is 11.6 Å². The van der Waals surface area contributed by atoms with Crippen molar-refractivity contribution in [1.29, 1.82) is 0 Å². The Hall–Kier alpha value is -4.46. The van der Waals surface area contributed by atoms with Crippen molar-refractivity contribution in [3.8, 4) is 0 Å². The third kappa shape index (κ3) is 6.33. The van der Waals surface area contributed by atoms with Crippen molar-refractivity contribution >= 4 is 56.4 Å². The molecule has 0 aliphatic carbocycles. The fraction of sp³-hybridized carbons (Fsp3) is 0.472. The van der Waals surface area contributed by atoms with Crippen LogP contribution in [-0.4, -0.2) is 128 Å². The van der Waals surface area contributed by atoms with Crippen molar-refractivity contribution < 1.29 is 14.3 Å². The van der Waals surface area contributed by atoms with E-state index in [1.54, 1.807) is 27.9 Å². The predicted molar refractivity (Wildman–Crippen MR) is 191 cm³/mol. The summed E-state index contributed by atoms with van der Waals surface area (Å²) in [5, 5.41) is 9.23. The van der Waals surface area contributed by atoms with Crippen LogP contribution in [0.3, 0.4) is 0 Å². The van der Waals surface area contributed by atoms with Crippen molar-refractivity contribution in [3.05, 3.63) is 69.9 Å². The van der Waals surface area contributed by atoms with Gasteiger partial charge < -0.3 is 24.4 Å². The summed E-state index contributed by atoms with van der Waals surface area (Å²) in [6.45, 7) is 6.26. The molecule has 5 aromatic rings. The van der Waals surface area contributed by atoms with Crippen LogP contribution in [0, 0.1) is 0 Å². The number of fused-ring (bicyclic) bond motifs is 4. The Morgan fingerprint density at radius 1 is 0.920 bits per heavy atom. The molecule has 8 rings (SSSR count). The van der Waals surface area contributed by atoms with Crippen molar-refractivity contribution in [2.45, 2.75) is 50.3 Å². The Kier molecular flexibility index (Phi) is 8.96. The van der Waals surface area contributed by atoms with E-state index in [0.717, 1.165) is 77.4 Å². The zero-order valence-corrected chi connectivity index (χ0v) is 28.9. The molecule has 3 saturated heterocycles. The molecule has 14 heteroatoms. The molecule has 50 heavy (non-hydrogen) atoms. The van der Waals surface area contributed by atoms with Crippen molar-refractivity contribution in [2.24, 2.45) is 0 Å². The highest BCUT2D eigenvalue weighted by atomic mass is 35.5. The second-order valence-corrected chi connectivity index (χ2v) is 14.3. The number of halogens is 1. The minimum atomic E-state index is -1.00. The number of para-hydroxylation sites is 1. The number of pyridine rings is 1. The molecule has 2 aromatic carbocycles. The van der Waals surface area contributed by atoms with Crippen LogP contribution in [0.5, 0.6) is 0 Å². The zero-order chi connectivity index (χ0) is 34.4. The van der Waals surface area contributed by atoms with Gasteiger partial charge in [0, 0.05) is 81.6 Å². The van der Waals surface area contributed by atoms with Crippen LogP contribution in [0.15, 0.2) is 53.6 Å². The lowest BCUT2D eigenvalue weighted by Gasteiger charge is -2.42. The molecular formula is C36H42ClN9O4. The van der Waals surface area contributed by atoms with E-state index in [2.05, 4.69) is 37.0 Å². The largest absolute Gasteiger partial charge is 0.436 e. The third-order valence-electron chi connectivity index (χ3n) is 10.9. The van der Waals surface area contributed by atoms with E-state index in [1.165, 1.54) is 0 Å². The van der Waals surface area contributed by atoms with Crippen molar-refractivity contribution in [1.82, 2.24) is 44.3 Å². The monoisotopic (exact) mass is 699 g/mol. The third-order valence-corrected chi connectivity index (χ3v) is 11.2. The number of nitrogens with zero attached hydrogens (tertiary/aromatic N) is 7. The first-order chi connectivity index (χ1) is 24.3. The molecule has 2 N–H and O–H groups in total. The lowest BCUT2D eigenvalue weighted by molar-refractivity contribution is -0.142. The normalized spacial score (nSPS) is 19.5. The Balaban J connectivity index is 0.961. The second-order valence-electron chi connectivity index (χ2n) is 13.9. The van der Waals surface area contributed by atoms with E-state index in [-0.39, 0.29) is 24.1 Å². The van der Waals surface area contributed by atoms with E-state index in [9.17, 15) is 14.4 Å². The van der Waals surface area contributed by atoms with Gasteiger partial charge in [0.2, 0.25) is 0 Å². The number of aromatic nitrogens is 5. The number of amides is 2. The molecular weight excluding hydrogens is 658 g/mol. The smallest absolute Gasteiger partial charge is 0.410 e. The van der Waals surface area contributed by atoms with Gasteiger partial charge in [-0.15, -0.1) is 0 Å². The molecule has 3 aromatic heterocycles. The number of carbonyl (C=O) groups is 2. The highest BCUT2D eigenvalue weighted by molar-refractivity contribution is 6.35. The number of likely N-dealkylation sites (N-methyl/N-ethyl adjacent to an activating group) is 1. The van der Waals surface area contributed by atoms with Gasteiger partial charge >= 0.3 is 11.8 Å². The number of aromatic amines is 2. The second kappa shape index (κ2) is 13.7. The van der Waals surface area contributed by atoms with Gasteiger partial charge in [-0.05, 0) is 56.5 Å². The highest BCUT2D eigenvalue weighted by Crippen LogP contribution is 2.29. The molecule has 0 radical (unpaired) electrons. The average Bonchev–Trinajstić information content (AvgIpc) is 3.76. The number of piperidine rings is 2. The number of ether oxygens (including phenoxy) is 1. The lowest BCUT2D eigenvalue weighted by atomic mass is 10.00. The maximum Gasteiger partial charge on any atom is 0.410 e. The number of hydrogen-bond acceptors (Lipinski definition) is 8. The molecule has 0 spiro atoms. The summed E-state index contributed by atoms with van der Waals surface area (Å²) in [6, 6.07) is 11.8. The van der Waals surface area contributed by atoms with E-state index in [4.69, 9.17) is 16.3 Å². The SMILES string of the molecule is CN1CCN(C2CCN(C(=O)[C@@H](Cc3cc(Cl)c4[nH]ncc4c3)OC(=O)N3CCC(n4c(=O)[nH]c5c6ccccc6ncc54)CC3)CC2)CC1. The van der Waals surface area contributed by atoms with E-state index >= 15 is 0 Å². The molecule has 0 bridgehead atoms. The molecule has 6 heterocycles. The molecule has 3 aliphatic heterocycles. The van der Waals surface area contributed by atoms with Gasteiger partial charge in [0.1, 0.15) is 0 Å². The van der Waals surface area contributed by atoms with Crippen LogP contribution < -0.4 is 5.69 Å². The predicted octanol–water partition coefficient (Wildman–Crippen LogP) is 4.03. The number of benzene rings is 2. The summed E-state index contributed by atoms with van der Waals surface area (Å²) >= 11 is 6.55. The highest BCUT2D eigenvalue weighted by Gasteiger charge is 2.35. The molecule has 1 atom stereocenters. The van der Waals surface area contributed by atoms with Crippen LogP contribution in [0.2, 0.25) is 5.02 Å². The zero-order valence-electron chi connectivity index (χ0n) is 28.2. The van der Waals surface area contributed by atoms with E-state index in [1.807, 2.05) is 35.2 Å². The summed E-state index contributed by atoms with van der Waals surface area (Å²) in [5.41, 5.74) is 3.68. The van der Waals surface area contributed by atoms with Gasteiger partial charge in [-0.2, -0.15) is 5.10 Å². The molecule has 0 unspecified atom stereocenters. The standard InChI is InChI=1S/C36H42ClN9O4/c1-42-14-16-43(17-15-42)25-6-10-44(11-7-25)34(47)31(20-23-18-24-21-39-41-32(24)28(37)19-23)50-36(49)45-12-8-26(9-13-45)46-30-22-38-29-5-3-2-4-27(29)33(30)40-35(46)48/h2-5,18-19,21-22,25-26,31H,6-17,20H2,1H3,(H,39,41)(H,40,48)/t31-/m1/s1. The summed E-state index contributed by atoms with van der Waals surface area (Å²) in [7, 11) is 2.16. The van der Waals surface area contributed by atoms with Gasteiger partial charge in [-0.3, -0.25) is 24.3 Å². The first-order valence-corrected chi connectivity index (χ1v) is 18.0. The fourth-order valence-electron chi connectivity index (χ4n) is 8.01. The number of carbonyl (C=O) groups excluding carboxylic acids is 2. The topological polar surface area (TPSA) is 136 Å². The van der Waals surface area contributed by atoms with Crippen molar-refractivity contribution in [2.75, 3.05) is 59.4 Å². The van der Waals surface area contributed by atoms with E-state index < -0.39 is 12.2 Å². The number of nitrogens with one attached hydrogen (secondary N) is 2. The molecule has 3 fully saturated rings. The molecule has 262 valence electrons. The van der Waals surface area contributed by atoms with Gasteiger partial charge in [-0.25, -0.2) is 9.59 Å². The van der Waals surface area contributed by atoms with Crippen LogP contribution in [0.4, 0.5) is 4.79 Å². The molecule has 13 nitrogen and oxygen atoms in total. The summed E-state index contributed by atoms with van der Waals surface area (Å²) < 4.78 is 7.86. The number of H-pyrrole nitrogens is 2. The number of imidazole rings is 1. The Morgan fingerprint density at radius 3 is 2.42 bits per heavy atom. The quantitative estimate of drug-likeness (QED) is 0.271. The van der Waals surface area contributed by atoms with Gasteiger partial charge in [0.05, 0.1) is 39.5 Å². The Bertz CT molecular complexity index is 2090. The van der Waals surface area contributed by atoms with Crippen LogP contribution in [0.25, 0.3) is 32.8 Å². The summed E-state index contributed by atoms with van der Waals surface area (Å²) in [4.78, 5) is 57.0. The number of hydrogen-bond donors (Lipinski definition) is 2. The lowest BCUT2D eigenvalue weighted by Crippen LogP contribution is -2.54. The fourth-order valence-corrected chi connectivity index (χ4v) is 8.30. The number of piperazine rings is 1. The first kappa shape index (κ1) is 32.7. The molecule has 3 aliphatic rings. The molecule has 0 saturated carbocycles. The van der Waals surface area contributed by atoms with Gasteiger partial charge in [-0.1, -0.05) is 29.8 Å². The van der Waals surface area contributed by atoms with Gasteiger partial charge in [0.15, 0.2) is 6.10 Å². The van der Waals surface area contributed by atoms with Crippen LogP contribution in [-0.2, 0) is 16.0 Å². The van der Waals surface area contributed by atoms with E-state index in [0.29, 0.717) is 50.1 Å². The summed E-state index contributed by atoms with van der Waals surface area (Å²) in [6.07, 6.45) is 5.04. The first-order valence-electron chi connectivity index (χ1n) is 17.6. The maximum atomic E-state index is 14.1. The number of rotatable bonds is 6. The number of likely N-dealkylation sites (tertiary alicyclic amines) is 2. The summed E-state index contributed by atoms with van der Waals surface area (Å²) in [5.74, 6) is -0.182.